The fourth-order valence-corrected chi connectivity index (χ4v) is 1.45. The summed E-state index contributed by atoms with van der Waals surface area (Å²) in [5, 5.41) is 5.37. The zero-order chi connectivity index (χ0) is 14.4. The standard InChI is InChI=1S/C13H19N3O3.ClH/c1-8(7-14)13(18)16-11-6-10(15-9(2)17)4-5-12(11)19-3;/h4-6,8H,7,14H2,1-3H3,(H,15,17)(H,16,18);1H. The van der Waals surface area contributed by atoms with Crippen LogP contribution in [0.4, 0.5) is 11.4 Å². The predicted molar refractivity (Wildman–Crippen MR) is 81.4 cm³/mol. The van der Waals surface area contributed by atoms with Crippen molar-refractivity contribution in [1.82, 2.24) is 0 Å². The number of ether oxygens (including phenoxy) is 1. The summed E-state index contributed by atoms with van der Waals surface area (Å²) >= 11 is 0. The van der Waals surface area contributed by atoms with Gasteiger partial charge >= 0.3 is 0 Å². The van der Waals surface area contributed by atoms with E-state index < -0.39 is 0 Å². The van der Waals surface area contributed by atoms with Gasteiger partial charge in [-0.05, 0) is 18.2 Å². The highest BCUT2D eigenvalue weighted by Gasteiger charge is 2.14. The van der Waals surface area contributed by atoms with Gasteiger partial charge in [-0.3, -0.25) is 9.59 Å². The molecule has 4 N–H and O–H groups in total. The average molecular weight is 302 g/mol. The molecule has 0 saturated heterocycles. The van der Waals surface area contributed by atoms with Gasteiger partial charge in [0.2, 0.25) is 11.8 Å². The predicted octanol–water partition coefficient (Wildman–Crippen LogP) is 1.61. The number of amides is 2. The molecular formula is C13H20ClN3O3. The van der Waals surface area contributed by atoms with E-state index in [1.807, 2.05) is 0 Å². The molecule has 0 fully saturated rings. The molecule has 1 atom stereocenters. The van der Waals surface area contributed by atoms with Crippen molar-refractivity contribution in [2.24, 2.45) is 11.7 Å². The summed E-state index contributed by atoms with van der Waals surface area (Å²) in [6.07, 6.45) is 0. The maximum atomic E-state index is 11.8. The van der Waals surface area contributed by atoms with Crippen LogP contribution in [0.3, 0.4) is 0 Å². The molecular weight excluding hydrogens is 282 g/mol. The van der Waals surface area contributed by atoms with Crippen molar-refractivity contribution in [3.63, 3.8) is 0 Å². The topological polar surface area (TPSA) is 93.5 Å². The molecule has 0 aliphatic rings. The minimum absolute atomic E-state index is 0. The highest BCUT2D eigenvalue weighted by atomic mass is 35.5. The largest absolute Gasteiger partial charge is 0.495 e. The van der Waals surface area contributed by atoms with Gasteiger partial charge in [-0.15, -0.1) is 12.4 Å². The number of halogens is 1. The smallest absolute Gasteiger partial charge is 0.228 e. The number of anilines is 2. The highest BCUT2D eigenvalue weighted by molar-refractivity contribution is 5.96. The summed E-state index contributed by atoms with van der Waals surface area (Å²) in [4.78, 5) is 22.8. The van der Waals surface area contributed by atoms with Gasteiger partial charge in [-0.25, -0.2) is 0 Å². The molecule has 2 amide bonds. The Morgan fingerprint density at radius 1 is 1.35 bits per heavy atom. The van der Waals surface area contributed by atoms with E-state index in [1.165, 1.54) is 14.0 Å². The molecule has 112 valence electrons. The lowest BCUT2D eigenvalue weighted by molar-refractivity contribution is -0.119. The third-order valence-corrected chi connectivity index (χ3v) is 2.58. The van der Waals surface area contributed by atoms with Crippen LogP contribution in [-0.2, 0) is 9.59 Å². The van der Waals surface area contributed by atoms with E-state index in [1.54, 1.807) is 25.1 Å². The van der Waals surface area contributed by atoms with Crippen molar-refractivity contribution >= 4 is 35.6 Å². The first-order chi connectivity index (χ1) is 8.97. The summed E-state index contributed by atoms with van der Waals surface area (Å²) in [5.41, 5.74) is 6.53. The highest BCUT2D eigenvalue weighted by Crippen LogP contribution is 2.28. The number of carbonyl (C=O) groups excluding carboxylic acids is 2. The van der Waals surface area contributed by atoms with Gasteiger partial charge in [0.05, 0.1) is 12.8 Å². The molecule has 1 rings (SSSR count). The zero-order valence-electron chi connectivity index (χ0n) is 11.7. The van der Waals surface area contributed by atoms with Crippen molar-refractivity contribution in [3.8, 4) is 5.75 Å². The normalized spacial score (nSPS) is 11.0. The molecule has 0 spiro atoms. The van der Waals surface area contributed by atoms with E-state index >= 15 is 0 Å². The summed E-state index contributed by atoms with van der Waals surface area (Å²) in [6.45, 7) is 3.41. The van der Waals surface area contributed by atoms with Crippen molar-refractivity contribution in [2.45, 2.75) is 13.8 Å². The van der Waals surface area contributed by atoms with Gasteiger partial charge < -0.3 is 21.1 Å². The van der Waals surface area contributed by atoms with Crippen LogP contribution in [0.15, 0.2) is 18.2 Å². The molecule has 0 aliphatic carbocycles. The Bertz CT molecular complexity index is 480. The lowest BCUT2D eigenvalue weighted by atomic mass is 10.1. The number of nitrogens with two attached hydrogens (primary N) is 1. The Morgan fingerprint density at radius 2 is 2.00 bits per heavy atom. The Hall–Kier alpha value is -1.79. The van der Waals surface area contributed by atoms with Crippen LogP contribution < -0.4 is 21.1 Å². The van der Waals surface area contributed by atoms with Gasteiger partial charge in [-0.2, -0.15) is 0 Å². The Labute approximate surface area is 124 Å². The molecule has 0 bridgehead atoms. The summed E-state index contributed by atoms with van der Waals surface area (Å²) in [5.74, 6) is -0.153. The molecule has 1 aromatic rings. The number of benzene rings is 1. The van der Waals surface area contributed by atoms with Crippen LogP contribution in [0, 0.1) is 5.92 Å². The quantitative estimate of drug-likeness (QED) is 0.770. The first-order valence-electron chi connectivity index (χ1n) is 5.94. The molecule has 0 saturated carbocycles. The first kappa shape index (κ1) is 18.2. The summed E-state index contributed by atoms with van der Waals surface area (Å²) < 4.78 is 5.16. The van der Waals surface area contributed by atoms with Gasteiger partial charge in [0.1, 0.15) is 5.75 Å². The van der Waals surface area contributed by atoms with E-state index in [9.17, 15) is 9.59 Å². The second-order valence-corrected chi connectivity index (χ2v) is 4.22. The van der Waals surface area contributed by atoms with Crippen molar-refractivity contribution < 1.29 is 14.3 Å². The van der Waals surface area contributed by atoms with E-state index in [-0.39, 0.29) is 36.7 Å². The second-order valence-electron chi connectivity index (χ2n) is 4.22. The van der Waals surface area contributed by atoms with E-state index in [0.29, 0.717) is 17.1 Å². The van der Waals surface area contributed by atoms with Gasteiger partial charge in [0.25, 0.3) is 0 Å². The lowest BCUT2D eigenvalue weighted by Gasteiger charge is -2.14. The van der Waals surface area contributed by atoms with E-state index in [0.717, 1.165) is 0 Å². The maximum Gasteiger partial charge on any atom is 0.228 e. The van der Waals surface area contributed by atoms with Gasteiger partial charge in [-0.1, -0.05) is 6.92 Å². The van der Waals surface area contributed by atoms with Crippen molar-refractivity contribution in [1.29, 1.82) is 0 Å². The number of nitrogens with one attached hydrogen (secondary N) is 2. The fraction of sp³-hybridized carbons (Fsp3) is 0.385. The monoisotopic (exact) mass is 301 g/mol. The van der Waals surface area contributed by atoms with Gasteiger partial charge in [0, 0.05) is 25.1 Å². The lowest BCUT2D eigenvalue weighted by Crippen LogP contribution is -2.26. The molecule has 7 heteroatoms. The first-order valence-corrected chi connectivity index (χ1v) is 5.94. The van der Waals surface area contributed by atoms with E-state index in [2.05, 4.69) is 10.6 Å². The van der Waals surface area contributed by atoms with Crippen LogP contribution in [-0.4, -0.2) is 25.5 Å². The SMILES string of the molecule is COc1ccc(NC(C)=O)cc1NC(=O)C(C)CN.Cl. The van der Waals surface area contributed by atoms with Crippen LogP contribution in [0.25, 0.3) is 0 Å². The Kier molecular flexibility index (Phi) is 7.64. The minimum atomic E-state index is -0.297. The Balaban J connectivity index is 0.00000361. The zero-order valence-corrected chi connectivity index (χ0v) is 12.5. The van der Waals surface area contributed by atoms with Crippen LogP contribution in [0.2, 0.25) is 0 Å². The van der Waals surface area contributed by atoms with Gasteiger partial charge in [0.15, 0.2) is 0 Å². The summed E-state index contributed by atoms with van der Waals surface area (Å²) in [7, 11) is 1.51. The van der Waals surface area contributed by atoms with Crippen LogP contribution in [0.1, 0.15) is 13.8 Å². The number of hydrogen-bond acceptors (Lipinski definition) is 4. The van der Waals surface area contributed by atoms with Crippen molar-refractivity contribution in [2.75, 3.05) is 24.3 Å². The third kappa shape index (κ3) is 5.07. The third-order valence-electron chi connectivity index (χ3n) is 2.58. The van der Waals surface area contributed by atoms with Crippen LogP contribution in [0.5, 0.6) is 5.75 Å². The molecule has 0 heterocycles. The molecule has 1 unspecified atom stereocenters. The van der Waals surface area contributed by atoms with E-state index in [4.69, 9.17) is 10.5 Å². The molecule has 0 radical (unpaired) electrons. The molecule has 6 nitrogen and oxygen atoms in total. The minimum Gasteiger partial charge on any atom is -0.495 e. The number of hydrogen-bond donors (Lipinski definition) is 3. The number of carbonyl (C=O) groups is 2. The number of rotatable bonds is 5. The molecule has 0 aliphatic heterocycles. The maximum absolute atomic E-state index is 11.8. The fourth-order valence-electron chi connectivity index (χ4n) is 1.45. The summed E-state index contributed by atoms with van der Waals surface area (Å²) in [6, 6.07) is 5.01. The molecule has 0 aromatic heterocycles. The number of methoxy groups -OCH3 is 1. The Morgan fingerprint density at radius 3 is 2.50 bits per heavy atom. The van der Waals surface area contributed by atoms with Crippen LogP contribution >= 0.6 is 12.4 Å². The second kappa shape index (κ2) is 8.39. The average Bonchev–Trinajstić information content (AvgIpc) is 2.37. The molecule has 1 aromatic carbocycles. The molecule has 20 heavy (non-hydrogen) atoms. The van der Waals surface area contributed by atoms with Crippen molar-refractivity contribution in [3.05, 3.63) is 18.2 Å².